The molecule has 0 aliphatic carbocycles. The van der Waals surface area contributed by atoms with Crippen molar-refractivity contribution in [1.82, 2.24) is 14.5 Å². The zero-order chi connectivity index (χ0) is 19.5. The third-order valence-corrected chi connectivity index (χ3v) is 4.23. The Bertz CT molecular complexity index is 758. The molecule has 9 heteroatoms. The second-order valence-electron chi connectivity index (χ2n) is 6.98. The normalized spacial score (nSPS) is 13.7. The molecule has 0 spiro atoms. The van der Waals surface area contributed by atoms with Gasteiger partial charge in [-0.15, -0.1) is 0 Å². The van der Waals surface area contributed by atoms with Gasteiger partial charge < -0.3 is 20.1 Å². The molecule has 0 bridgehead atoms. The fraction of sp³-hybridized carbons (Fsp3) is 0.471. The molecule has 0 aliphatic rings. The highest BCUT2D eigenvalue weighted by Gasteiger charge is 2.27. The molecule has 1 unspecified atom stereocenters. The van der Waals surface area contributed by atoms with Gasteiger partial charge in [-0.1, -0.05) is 12.1 Å². The first-order valence-corrected chi connectivity index (χ1v) is 8.49. The molecule has 0 saturated carbocycles. The number of halogens is 1. The highest BCUT2D eigenvalue weighted by Crippen LogP contribution is 2.20. The minimum absolute atomic E-state index is 0.0149. The average molecular weight is 382 g/mol. The summed E-state index contributed by atoms with van der Waals surface area (Å²) in [5.41, 5.74) is 1.13. The SMILES string of the molecule is CN(Cc1ccc(N(C)C)cc1)CC(C)(O)Cn1cc([N+](=O)[O-])nc1Cl. The first kappa shape index (κ1) is 20.2. The van der Waals surface area contributed by atoms with E-state index < -0.39 is 10.5 Å². The van der Waals surface area contributed by atoms with Gasteiger partial charge in [0.2, 0.25) is 0 Å². The van der Waals surface area contributed by atoms with E-state index in [2.05, 4.69) is 17.1 Å². The topological polar surface area (TPSA) is 87.7 Å². The maximum atomic E-state index is 10.8. The number of nitrogens with zero attached hydrogens (tertiary/aromatic N) is 5. The van der Waals surface area contributed by atoms with E-state index in [1.165, 1.54) is 10.8 Å². The minimum atomic E-state index is -1.13. The van der Waals surface area contributed by atoms with Crippen molar-refractivity contribution in [1.29, 1.82) is 0 Å². The Balaban J connectivity index is 1.98. The van der Waals surface area contributed by atoms with Crippen molar-refractivity contribution in [2.75, 3.05) is 32.6 Å². The fourth-order valence-corrected chi connectivity index (χ4v) is 3.04. The van der Waals surface area contributed by atoms with Crippen molar-refractivity contribution in [3.05, 3.63) is 51.4 Å². The van der Waals surface area contributed by atoms with Crippen LogP contribution in [0.5, 0.6) is 0 Å². The Labute approximate surface area is 157 Å². The van der Waals surface area contributed by atoms with E-state index in [4.69, 9.17) is 11.6 Å². The second-order valence-corrected chi connectivity index (χ2v) is 7.32. The number of hydrogen-bond donors (Lipinski definition) is 1. The van der Waals surface area contributed by atoms with Crippen LogP contribution >= 0.6 is 11.6 Å². The molecule has 1 N–H and O–H groups in total. The van der Waals surface area contributed by atoms with Gasteiger partial charge in [0, 0.05) is 32.9 Å². The summed E-state index contributed by atoms with van der Waals surface area (Å²) in [7, 11) is 5.89. The van der Waals surface area contributed by atoms with Crippen molar-refractivity contribution in [2.24, 2.45) is 0 Å². The molecule has 0 radical (unpaired) electrons. The molecule has 142 valence electrons. The van der Waals surface area contributed by atoms with Crippen LogP contribution in [0.25, 0.3) is 0 Å². The van der Waals surface area contributed by atoms with Gasteiger partial charge in [0.05, 0.1) is 12.1 Å². The summed E-state index contributed by atoms with van der Waals surface area (Å²) in [6.07, 6.45) is 1.23. The molecule has 0 fully saturated rings. The van der Waals surface area contributed by atoms with Gasteiger partial charge in [-0.2, -0.15) is 0 Å². The number of imidazole rings is 1. The van der Waals surface area contributed by atoms with E-state index in [0.717, 1.165) is 11.3 Å². The number of benzene rings is 1. The summed E-state index contributed by atoms with van der Waals surface area (Å²) in [5, 5.41) is 21.4. The van der Waals surface area contributed by atoms with E-state index in [-0.39, 0.29) is 17.6 Å². The molecule has 8 nitrogen and oxygen atoms in total. The summed E-state index contributed by atoms with van der Waals surface area (Å²) in [6, 6.07) is 8.20. The molecular formula is C17H24ClN5O3. The molecule has 2 aromatic rings. The number of nitro groups is 1. The third kappa shape index (κ3) is 5.42. The van der Waals surface area contributed by atoms with Crippen LogP contribution in [-0.2, 0) is 13.1 Å². The second kappa shape index (κ2) is 8.03. The number of aromatic nitrogens is 2. The van der Waals surface area contributed by atoms with Crippen molar-refractivity contribution in [3.8, 4) is 0 Å². The Morgan fingerprint density at radius 3 is 2.42 bits per heavy atom. The first-order valence-electron chi connectivity index (χ1n) is 8.11. The zero-order valence-electron chi connectivity index (χ0n) is 15.4. The quantitative estimate of drug-likeness (QED) is 0.558. The van der Waals surface area contributed by atoms with Gasteiger partial charge in [0.1, 0.15) is 6.20 Å². The van der Waals surface area contributed by atoms with Crippen LogP contribution in [0, 0.1) is 10.1 Å². The lowest BCUT2D eigenvalue weighted by Crippen LogP contribution is -2.42. The van der Waals surface area contributed by atoms with Gasteiger partial charge >= 0.3 is 11.1 Å². The molecule has 0 saturated heterocycles. The van der Waals surface area contributed by atoms with Crippen LogP contribution < -0.4 is 4.90 Å². The summed E-state index contributed by atoms with van der Waals surface area (Å²) in [5.74, 6) is -0.333. The van der Waals surface area contributed by atoms with Crippen LogP contribution in [0.15, 0.2) is 30.5 Å². The molecule has 1 atom stereocenters. The molecule has 26 heavy (non-hydrogen) atoms. The molecule has 0 aliphatic heterocycles. The molecule has 2 rings (SSSR count). The lowest BCUT2D eigenvalue weighted by Gasteiger charge is -2.29. The molecule has 1 aromatic heterocycles. The Kier molecular flexibility index (Phi) is 6.22. The highest BCUT2D eigenvalue weighted by molar-refractivity contribution is 6.28. The lowest BCUT2D eigenvalue weighted by atomic mass is 10.1. The highest BCUT2D eigenvalue weighted by atomic mass is 35.5. The average Bonchev–Trinajstić information content (AvgIpc) is 2.87. The number of rotatable bonds is 8. The Morgan fingerprint density at radius 2 is 1.92 bits per heavy atom. The summed E-state index contributed by atoms with van der Waals surface area (Å²) in [6.45, 7) is 2.81. The maximum absolute atomic E-state index is 10.8. The van der Waals surface area contributed by atoms with E-state index in [1.54, 1.807) is 6.92 Å². The van der Waals surface area contributed by atoms with Crippen molar-refractivity contribution in [2.45, 2.75) is 25.6 Å². The summed E-state index contributed by atoms with van der Waals surface area (Å²) >= 11 is 5.92. The van der Waals surface area contributed by atoms with Gasteiger partial charge in [0.15, 0.2) is 0 Å². The molecular weight excluding hydrogens is 358 g/mol. The van der Waals surface area contributed by atoms with Gasteiger partial charge in [-0.05, 0) is 53.2 Å². The van der Waals surface area contributed by atoms with Crippen LogP contribution in [0.3, 0.4) is 0 Å². The fourth-order valence-electron chi connectivity index (χ4n) is 2.84. The van der Waals surface area contributed by atoms with Crippen LogP contribution in [-0.4, -0.2) is 57.8 Å². The van der Waals surface area contributed by atoms with E-state index in [1.807, 2.05) is 43.1 Å². The number of anilines is 1. The zero-order valence-corrected chi connectivity index (χ0v) is 16.1. The predicted molar refractivity (Wildman–Crippen MR) is 102 cm³/mol. The van der Waals surface area contributed by atoms with Crippen molar-refractivity contribution in [3.63, 3.8) is 0 Å². The van der Waals surface area contributed by atoms with Gasteiger partial charge in [0.25, 0.3) is 0 Å². The predicted octanol–water partition coefficient (Wildman–Crippen LogP) is 2.39. The van der Waals surface area contributed by atoms with Gasteiger partial charge in [-0.3, -0.25) is 9.47 Å². The minimum Gasteiger partial charge on any atom is -0.387 e. The van der Waals surface area contributed by atoms with Gasteiger partial charge in [-0.25, -0.2) is 0 Å². The first-order chi connectivity index (χ1) is 12.1. The monoisotopic (exact) mass is 381 g/mol. The molecule has 0 amide bonds. The van der Waals surface area contributed by atoms with Crippen molar-refractivity contribution < 1.29 is 10.0 Å². The number of likely N-dealkylation sites (N-methyl/N-ethyl adjacent to an activating group) is 1. The lowest BCUT2D eigenvalue weighted by molar-refractivity contribution is -0.389. The number of hydrogen-bond acceptors (Lipinski definition) is 6. The Hall–Kier alpha value is -2.16. The van der Waals surface area contributed by atoms with E-state index >= 15 is 0 Å². The standard InChI is InChI=1S/C17H24ClN5O3/c1-17(24,12-22-10-15(23(25)26)19-16(22)18)11-21(4)9-13-5-7-14(8-6-13)20(2)3/h5-8,10,24H,9,11-12H2,1-4H3. The van der Waals surface area contributed by atoms with E-state index in [0.29, 0.717) is 13.1 Å². The number of aliphatic hydroxyl groups is 1. The maximum Gasteiger partial charge on any atom is 0.383 e. The van der Waals surface area contributed by atoms with E-state index in [9.17, 15) is 15.2 Å². The summed E-state index contributed by atoms with van der Waals surface area (Å²) in [4.78, 5) is 17.9. The van der Waals surface area contributed by atoms with Crippen LogP contribution in [0.1, 0.15) is 12.5 Å². The van der Waals surface area contributed by atoms with Crippen LogP contribution in [0.2, 0.25) is 5.28 Å². The Morgan fingerprint density at radius 1 is 1.31 bits per heavy atom. The van der Waals surface area contributed by atoms with Crippen LogP contribution in [0.4, 0.5) is 11.5 Å². The summed E-state index contributed by atoms with van der Waals surface area (Å²) < 4.78 is 1.39. The smallest absolute Gasteiger partial charge is 0.383 e. The van der Waals surface area contributed by atoms with Crippen molar-refractivity contribution >= 4 is 23.1 Å². The molecule has 1 heterocycles. The third-order valence-electron chi connectivity index (χ3n) is 3.93. The largest absolute Gasteiger partial charge is 0.387 e. The molecule has 1 aromatic carbocycles.